The molecule has 0 saturated carbocycles. The van der Waals surface area contributed by atoms with Crippen molar-refractivity contribution in [3.05, 3.63) is 46.3 Å². The van der Waals surface area contributed by atoms with E-state index in [1.165, 1.54) is 6.92 Å². The Morgan fingerprint density at radius 2 is 2.18 bits per heavy atom. The molecule has 5 nitrogen and oxygen atoms in total. The van der Waals surface area contributed by atoms with E-state index in [1.807, 2.05) is 30.3 Å². The van der Waals surface area contributed by atoms with Crippen molar-refractivity contribution in [3.63, 3.8) is 0 Å². The first-order valence-electron chi connectivity index (χ1n) is 5.41. The normalized spacial score (nSPS) is 11.6. The quantitative estimate of drug-likeness (QED) is 0.412. The van der Waals surface area contributed by atoms with Crippen molar-refractivity contribution in [3.8, 4) is 0 Å². The Morgan fingerprint density at radius 1 is 1.47 bits per heavy atom. The van der Waals surface area contributed by atoms with Crippen molar-refractivity contribution in [1.82, 2.24) is 0 Å². The molecule has 0 bridgehead atoms. The van der Waals surface area contributed by atoms with Gasteiger partial charge in [-0.1, -0.05) is 35.4 Å². The maximum atomic E-state index is 11.3. The highest BCUT2D eigenvalue weighted by Gasteiger charge is 2.13. The van der Waals surface area contributed by atoms with Crippen LogP contribution in [0, 0.1) is 0 Å². The number of azide groups is 1. The Labute approximate surface area is 100 Å². The largest absolute Gasteiger partial charge is 0.366 e. The molecule has 0 fully saturated rings. The van der Waals surface area contributed by atoms with Crippen LogP contribution in [-0.4, -0.2) is 18.4 Å². The number of hydrogen-bond acceptors (Lipinski definition) is 3. The number of carbonyl (C=O) groups is 1. The van der Waals surface area contributed by atoms with Crippen LogP contribution in [0.4, 0.5) is 0 Å². The van der Waals surface area contributed by atoms with Crippen molar-refractivity contribution >= 4 is 5.78 Å². The van der Waals surface area contributed by atoms with E-state index >= 15 is 0 Å². The fourth-order valence-electron chi connectivity index (χ4n) is 1.39. The van der Waals surface area contributed by atoms with Crippen LogP contribution in [0.15, 0.2) is 35.4 Å². The van der Waals surface area contributed by atoms with E-state index in [4.69, 9.17) is 10.3 Å². The predicted molar refractivity (Wildman–Crippen MR) is 64.3 cm³/mol. The summed E-state index contributed by atoms with van der Waals surface area (Å²) in [7, 11) is 0. The molecule has 17 heavy (non-hydrogen) atoms. The number of nitrogens with zero attached hydrogens (tertiary/aromatic N) is 3. The second kappa shape index (κ2) is 7.44. The molecular formula is C12H15N3O2. The van der Waals surface area contributed by atoms with Gasteiger partial charge in [0.25, 0.3) is 0 Å². The summed E-state index contributed by atoms with van der Waals surface area (Å²) in [5.74, 6) is -0.0472. The van der Waals surface area contributed by atoms with Crippen molar-refractivity contribution in [2.75, 3.05) is 6.54 Å². The Balaban J connectivity index is 2.44. The van der Waals surface area contributed by atoms with E-state index in [0.717, 1.165) is 5.56 Å². The SMILES string of the molecule is CC(=O)C(CCN=[N+]=[N-])OCc1ccccc1. The van der Waals surface area contributed by atoms with Crippen molar-refractivity contribution in [2.45, 2.75) is 26.1 Å². The highest BCUT2D eigenvalue weighted by molar-refractivity contribution is 5.80. The fraction of sp³-hybridized carbons (Fsp3) is 0.417. The van der Waals surface area contributed by atoms with Crippen molar-refractivity contribution in [1.29, 1.82) is 0 Å². The van der Waals surface area contributed by atoms with E-state index in [2.05, 4.69) is 10.0 Å². The van der Waals surface area contributed by atoms with E-state index in [0.29, 0.717) is 13.0 Å². The fourth-order valence-corrected chi connectivity index (χ4v) is 1.39. The molecule has 0 aromatic heterocycles. The molecule has 0 amide bonds. The molecule has 0 heterocycles. The van der Waals surface area contributed by atoms with Gasteiger partial charge in [-0.25, -0.2) is 0 Å². The van der Waals surface area contributed by atoms with Crippen LogP contribution >= 0.6 is 0 Å². The zero-order valence-corrected chi connectivity index (χ0v) is 9.74. The lowest BCUT2D eigenvalue weighted by atomic mass is 10.2. The second-order valence-electron chi connectivity index (χ2n) is 3.64. The summed E-state index contributed by atoms with van der Waals surface area (Å²) >= 11 is 0. The summed E-state index contributed by atoms with van der Waals surface area (Å²) in [6, 6.07) is 9.63. The van der Waals surface area contributed by atoms with Crippen molar-refractivity contribution in [2.24, 2.45) is 5.11 Å². The Kier molecular flexibility index (Phi) is 5.79. The molecule has 0 aliphatic heterocycles. The van der Waals surface area contributed by atoms with Gasteiger partial charge in [0.05, 0.1) is 6.61 Å². The van der Waals surface area contributed by atoms with Gasteiger partial charge >= 0.3 is 0 Å². The lowest BCUT2D eigenvalue weighted by Gasteiger charge is -2.13. The van der Waals surface area contributed by atoms with E-state index in [1.54, 1.807) is 0 Å². The molecule has 1 rings (SSSR count). The maximum absolute atomic E-state index is 11.3. The number of hydrogen-bond donors (Lipinski definition) is 0. The number of rotatable bonds is 7. The smallest absolute Gasteiger partial charge is 0.158 e. The van der Waals surface area contributed by atoms with Gasteiger partial charge in [0.1, 0.15) is 6.10 Å². The summed E-state index contributed by atoms with van der Waals surface area (Å²) < 4.78 is 5.50. The van der Waals surface area contributed by atoms with Gasteiger partial charge in [-0.2, -0.15) is 0 Å². The van der Waals surface area contributed by atoms with Gasteiger partial charge in [-0.05, 0) is 24.4 Å². The first-order chi connectivity index (χ1) is 8.24. The van der Waals surface area contributed by atoms with E-state index in [9.17, 15) is 4.79 Å². The Morgan fingerprint density at radius 3 is 2.76 bits per heavy atom. The van der Waals surface area contributed by atoms with Gasteiger partial charge in [0.15, 0.2) is 5.78 Å². The number of ketones is 1. The summed E-state index contributed by atoms with van der Waals surface area (Å²) in [5.41, 5.74) is 9.17. The molecular weight excluding hydrogens is 218 g/mol. The van der Waals surface area contributed by atoms with Gasteiger partial charge < -0.3 is 4.74 Å². The summed E-state index contributed by atoms with van der Waals surface area (Å²) in [6.07, 6.45) is -0.0765. The van der Waals surface area contributed by atoms with Crippen LogP contribution in [0.5, 0.6) is 0 Å². The second-order valence-corrected chi connectivity index (χ2v) is 3.64. The number of ether oxygens (including phenoxy) is 1. The highest BCUT2D eigenvalue weighted by atomic mass is 16.5. The molecule has 1 aromatic rings. The lowest BCUT2D eigenvalue weighted by Crippen LogP contribution is -2.22. The molecule has 1 aromatic carbocycles. The Bertz CT molecular complexity index is 399. The molecule has 0 aliphatic rings. The highest BCUT2D eigenvalue weighted by Crippen LogP contribution is 2.07. The predicted octanol–water partition coefficient (Wildman–Crippen LogP) is 2.86. The van der Waals surface area contributed by atoms with Crippen LogP contribution in [0.2, 0.25) is 0 Å². The van der Waals surface area contributed by atoms with Crippen LogP contribution in [0.1, 0.15) is 18.9 Å². The monoisotopic (exact) mass is 233 g/mol. The summed E-state index contributed by atoms with van der Waals surface area (Å²) in [4.78, 5) is 13.9. The molecule has 0 radical (unpaired) electrons. The zero-order chi connectivity index (χ0) is 12.5. The molecule has 5 heteroatoms. The number of carbonyl (C=O) groups excluding carboxylic acids is 1. The van der Waals surface area contributed by atoms with Crippen LogP contribution in [-0.2, 0) is 16.1 Å². The van der Waals surface area contributed by atoms with Gasteiger partial charge in [-0.3, -0.25) is 4.79 Å². The zero-order valence-electron chi connectivity index (χ0n) is 9.74. The maximum Gasteiger partial charge on any atom is 0.158 e. The van der Waals surface area contributed by atoms with E-state index < -0.39 is 6.10 Å². The van der Waals surface area contributed by atoms with Crippen LogP contribution < -0.4 is 0 Å². The molecule has 0 N–H and O–H groups in total. The third-order valence-electron chi connectivity index (χ3n) is 2.30. The third kappa shape index (κ3) is 5.15. The van der Waals surface area contributed by atoms with Gasteiger partial charge in [-0.15, -0.1) is 0 Å². The minimum atomic E-state index is -0.499. The van der Waals surface area contributed by atoms with Crippen LogP contribution in [0.25, 0.3) is 10.4 Å². The summed E-state index contributed by atoms with van der Waals surface area (Å²) in [6.45, 7) is 2.14. The average molecular weight is 233 g/mol. The molecule has 0 saturated heterocycles. The van der Waals surface area contributed by atoms with E-state index in [-0.39, 0.29) is 12.3 Å². The minimum absolute atomic E-state index is 0.0472. The van der Waals surface area contributed by atoms with Crippen molar-refractivity contribution < 1.29 is 9.53 Å². The number of benzene rings is 1. The first-order valence-corrected chi connectivity index (χ1v) is 5.41. The number of Topliss-reactive ketones (excluding diaryl/α,β-unsaturated/α-hetero) is 1. The third-order valence-corrected chi connectivity index (χ3v) is 2.30. The minimum Gasteiger partial charge on any atom is -0.366 e. The van der Waals surface area contributed by atoms with Crippen LogP contribution in [0.3, 0.4) is 0 Å². The molecule has 1 unspecified atom stereocenters. The molecule has 0 spiro atoms. The molecule has 1 atom stereocenters. The first kappa shape index (κ1) is 13.2. The topological polar surface area (TPSA) is 75.1 Å². The standard InChI is InChI=1S/C12H15N3O2/c1-10(16)12(7-8-14-15-13)17-9-11-5-3-2-4-6-11/h2-6,12H,7-9H2,1H3. The Hall–Kier alpha value is -1.84. The van der Waals surface area contributed by atoms with Gasteiger partial charge in [0.2, 0.25) is 0 Å². The molecule has 90 valence electrons. The average Bonchev–Trinajstić information content (AvgIpc) is 2.34. The molecule has 0 aliphatic carbocycles. The summed E-state index contributed by atoms with van der Waals surface area (Å²) in [5, 5.41) is 3.40. The lowest BCUT2D eigenvalue weighted by molar-refractivity contribution is -0.129. The van der Waals surface area contributed by atoms with Gasteiger partial charge in [0, 0.05) is 11.5 Å².